The maximum atomic E-state index is 13.8. The van der Waals surface area contributed by atoms with Gasteiger partial charge in [0.25, 0.3) is 5.91 Å². The van der Waals surface area contributed by atoms with Crippen LogP contribution in [0.5, 0.6) is 5.75 Å². The predicted octanol–water partition coefficient (Wildman–Crippen LogP) is 1.86. The van der Waals surface area contributed by atoms with Crippen LogP contribution in [0.2, 0.25) is 5.02 Å². The van der Waals surface area contributed by atoms with Gasteiger partial charge in [-0.25, -0.2) is 4.39 Å². The lowest BCUT2D eigenvalue weighted by Crippen LogP contribution is -3.09. The Labute approximate surface area is 152 Å². The predicted molar refractivity (Wildman–Crippen MR) is 96.6 cm³/mol. The van der Waals surface area contributed by atoms with E-state index in [1.165, 1.54) is 6.07 Å². The minimum absolute atomic E-state index is 0.0835. The molecule has 2 rings (SSSR count). The van der Waals surface area contributed by atoms with Crippen LogP contribution in [0.3, 0.4) is 0 Å². The number of quaternary nitrogens is 1. The number of para-hydroxylation sites is 1. The van der Waals surface area contributed by atoms with Gasteiger partial charge in [-0.05, 0) is 30.2 Å². The summed E-state index contributed by atoms with van der Waals surface area (Å²) in [5, 5.41) is 3.27. The van der Waals surface area contributed by atoms with Gasteiger partial charge in [-0.1, -0.05) is 35.9 Å². The number of rotatable bonds is 8. The quantitative estimate of drug-likeness (QED) is 0.750. The molecule has 2 aromatic carbocycles. The van der Waals surface area contributed by atoms with E-state index >= 15 is 0 Å². The summed E-state index contributed by atoms with van der Waals surface area (Å²) in [5.74, 6) is 0.386. The van der Waals surface area contributed by atoms with Crippen molar-refractivity contribution in [3.8, 4) is 5.75 Å². The highest BCUT2D eigenvalue weighted by Crippen LogP contribution is 2.18. The molecule has 0 aromatic heterocycles. The van der Waals surface area contributed by atoms with E-state index < -0.39 is 0 Å². The summed E-state index contributed by atoms with van der Waals surface area (Å²) in [6, 6.07) is 12.3. The average molecular weight is 366 g/mol. The van der Waals surface area contributed by atoms with Crippen molar-refractivity contribution in [2.45, 2.75) is 13.0 Å². The fraction of sp³-hybridized carbons (Fsp3) is 0.316. The van der Waals surface area contributed by atoms with Crippen LogP contribution in [-0.2, 0) is 17.8 Å². The van der Waals surface area contributed by atoms with Crippen molar-refractivity contribution in [3.05, 3.63) is 64.4 Å². The van der Waals surface area contributed by atoms with Gasteiger partial charge in [0.05, 0.1) is 24.7 Å². The number of nitrogens with one attached hydrogen (secondary N) is 2. The standard InChI is InChI=1S/C19H22ClFN2O2/c1-23(12-15-16(20)7-5-8-17(15)21)13-19(24)22-11-10-14-6-3-4-9-18(14)25-2/h3-9H,10-13H2,1-2H3,(H,22,24)/p+1. The fourth-order valence-electron chi connectivity index (χ4n) is 2.65. The highest BCUT2D eigenvalue weighted by molar-refractivity contribution is 6.31. The van der Waals surface area contributed by atoms with Gasteiger partial charge >= 0.3 is 0 Å². The zero-order chi connectivity index (χ0) is 18.2. The number of likely N-dealkylation sites (N-methyl/N-ethyl adjacent to an activating group) is 1. The van der Waals surface area contributed by atoms with Crippen LogP contribution in [0.1, 0.15) is 11.1 Å². The van der Waals surface area contributed by atoms with Crippen molar-refractivity contribution in [1.82, 2.24) is 5.32 Å². The summed E-state index contributed by atoms with van der Waals surface area (Å²) >= 11 is 6.02. The van der Waals surface area contributed by atoms with E-state index in [9.17, 15) is 9.18 Å². The molecule has 0 saturated carbocycles. The maximum absolute atomic E-state index is 13.8. The first-order chi connectivity index (χ1) is 12.0. The normalized spacial score (nSPS) is 11.8. The second kappa shape index (κ2) is 9.39. The van der Waals surface area contributed by atoms with E-state index in [1.807, 2.05) is 31.3 Å². The van der Waals surface area contributed by atoms with Gasteiger partial charge in [-0.2, -0.15) is 0 Å². The van der Waals surface area contributed by atoms with Gasteiger partial charge < -0.3 is 15.0 Å². The minimum Gasteiger partial charge on any atom is -0.496 e. The van der Waals surface area contributed by atoms with Crippen LogP contribution in [-0.4, -0.2) is 33.2 Å². The van der Waals surface area contributed by atoms with Crippen LogP contribution in [0.25, 0.3) is 0 Å². The van der Waals surface area contributed by atoms with E-state index in [4.69, 9.17) is 16.3 Å². The molecule has 6 heteroatoms. The number of carbonyl (C=O) groups is 1. The molecule has 2 N–H and O–H groups in total. The Morgan fingerprint density at radius 2 is 2.00 bits per heavy atom. The molecule has 0 heterocycles. The third-order valence-corrected chi connectivity index (χ3v) is 4.27. The lowest BCUT2D eigenvalue weighted by atomic mass is 10.1. The number of halogens is 2. The van der Waals surface area contributed by atoms with E-state index in [-0.39, 0.29) is 18.3 Å². The molecule has 1 amide bonds. The molecule has 4 nitrogen and oxygen atoms in total. The Kier molecular flexibility index (Phi) is 7.22. The molecule has 0 bridgehead atoms. The Morgan fingerprint density at radius 3 is 2.72 bits per heavy atom. The number of amides is 1. The van der Waals surface area contributed by atoms with Gasteiger partial charge in [0.15, 0.2) is 6.54 Å². The van der Waals surface area contributed by atoms with Crippen LogP contribution >= 0.6 is 11.6 Å². The van der Waals surface area contributed by atoms with Crippen molar-refractivity contribution in [3.63, 3.8) is 0 Å². The smallest absolute Gasteiger partial charge is 0.275 e. The summed E-state index contributed by atoms with van der Waals surface area (Å²) in [6.45, 7) is 1.12. The molecule has 0 aliphatic rings. The fourth-order valence-corrected chi connectivity index (χ4v) is 2.88. The third-order valence-electron chi connectivity index (χ3n) is 3.91. The van der Waals surface area contributed by atoms with E-state index in [1.54, 1.807) is 19.2 Å². The Balaban J connectivity index is 1.80. The monoisotopic (exact) mass is 365 g/mol. The molecule has 1 unspecified atom stereocenters. The third kappa shape index (κ3) is 5.73. The van der Waals surface area contributed by atoms with Crippen molar-refractivity contribution >= 4 is 17.5 Å². The molecule has 0 aliphatic heterocycles. The zero-order valence-electron chi connectivity index (χ0n) is 14.4. The minimum atomic E-state index is -0.344. The van der Waals surface area contributed by atoms with Gasteiger partial charge in [-0.15, -0.1) is 0 Å². The van der Waals surface area contributed by atoms with E-state index in [2.05, 4.69) is 5.32 Å². The van der Waals surface area contributed by atoms with Crippen LogP contribution in [0.4, 0.5) is 4.39 Å². The van der Waals surface area contributed by atoms with Gasteiger partial charge in [0.2, 0.25) is 0 Å². The number of benzene rings is 2. The number of methoxy groups -OCH3 is 1. The topological polar surface area (TPSA) is 42.8 Å². The first-order valence-corrected chi connectivity index (χ1v) is 8.52. The summed E-state index contributed by atoms with van der Waals surface area (Å²) in [6.07, 6.45) is 0.688. The Morgan fingerprint density at radius 1 is 1.24 bits per heavy atom. The zero-order valence-corrected chi connectivity index (χ0v) is 15.2. The number of hydrogen-bond donors (Lipinski definition) is 2. The molecule has 25 heavy (non-hydrogen) atoms. The molecular weight excluding hydrogens is 343 g/mol. The highest BCUT2D eigenvalue weighted by Gasteiger charge is 2.15. The van der Waals surface area contributed by atoms with E-state index in [0.29, 0.717) is 30.1 Å². The molecule has 0 fully saturated rings. The van der Waals surface area contributed by atoms with Crippen molar-refractivity contribution in [2.75, 3.05) is 27.2 Å². The lowest BCUT2D eigenvalue weighted by Gasteiger charge is -2.15. The first kappa shape index (κ1) is 19.2. The molecule has 0 aliphatic carbocycles. The van der Waals surface area contributed by atoms with Crippen molar-refractivity contribution in [1.29, 1.82) is 0 Å². The summed E-state index contributed by atoms with van der Waals surface area (Å²) in [7, 11) is 3.46. The highest BCUT2D eigenvalue weighted by atomic mass is 35.5. The summed E-state index contributed by atoms with van der Waals surface area (Å²) in [4.78, 5) is 12.9. The molecule has 2 aromatic rings. The van der Waals surface area contributed by atoms with Crippen molar-refractivity contribution < 1.29 is 18.8 Å². The van der Waals surface area contributed by atoms with Crippen molar-refractivity contribution in [2.24, 2.45) is 0 Å². The molecule has 134 valence electrons. The number of hydrogen-bond acceptors (Lipinski definition) is 2. The van der Waals surface area contributed by atoms with Gasteiger partial charge in [0.1, 0.15) is 18.1 Å². The summed E-state index contributed by atoms with van der Waals surface area (Å²) < 4.78 is 19.1. The molecule has 0 saturated heterocycles. The maximum Gasteiger partial charge on any atom is 0.275 e. The van der Waals surface area contributed by atoms with Gasteiger partial charge in [-0.3, -0.25) is 4.79 Å². The Hall–Kier alpha value is -2.11. The number of ether oxygens (including phenoxy) is 1. The van der Waals surface area contributed by atoms with Crippen LogP contribution in [0.15, 0.2) is 42.5 Å². The van der Waals surface area contributed by atoms with E-state index in [0.717, 1.165) is 16.2 Å². The second-order valence-corrected chi connectivity index (χ2v) is 6.33. The molecular formula is C19H23ClFN2O2+. The van der Waals surface area contributed by atoms with Gasteiger partial charge in [0, 0.05) is 6.54 Å². The van der Waals surface area contributed by atoms with Crippen LogP contribution in [0, 0.1) is 5.82 Å². The SMILES string of the molecule is COc1ccccc1CCNC(=O)C[NH+](C)Cc1c(F)cccc1Cl. The lowest BCUT2D eigenvalue weighted by molar-refractivity contribution is -0.885. The Bertz CT molecular complexity index is 704. The largest absolute Gasteiger partial charge is 0.496 e. The average Bonchev–Trinajstić information content (AvgIpc) is 2.58. The molecule has 0 radical (unpaired) electrons. The molecule has 1 atom stereocenters. The van der Waals surface area contributed by atoms with Crippen LogP contribution < -0.4 is 15.0 Å². The molecule has 0 spiro atoms. The second-order valence-electron chi connectivity index (χ2n) is 5.92. The first-order valence-electron chi connectivity index (χ1n) is 8.14. The summed E-state index contributed by atoms with van der Waals surface area (Å²) in [5.41, 5.74) is 1.48. The number of carbonyl (C=O) groups excluding carboxylic acids is 1.